The highest BCUT2D eigenvalue weighted by atomic mass is 16.1. The van der Waals surface area contributed by atoms with Crippen LogP contribution < -0.4 is 5.73 Å². The third-order valence-corrected chi connectivity index (χ3v) is 3.08. The maximum Gasteiger partial charge on any atom is 0.249 e. The first-order chi connectivity index (χ1) is 9.18. The molecule has 0 spiro atoms. The van der Waals surface area contributed by atoms with Crippen molar-refractivity contribution >= 4 is 16.8 Å². The lowest BCUT2D eigenvalue weighted by atomic mass is 10.0. The number of carbonyl (C=O) groups is 1. The lowest BCUT2D eigenvalue weighted by Crippen LogP contribution is -2.11. The normalized spacial score (nSPS) is 10.8. The first kappa shape index (κ1) is 11.4. The van der Waals surface area contributed by atoms with E-state index in [4.69, 9.17) is 5.73 Å². The van der Waals surface area contributed by atoms with Gasteiger partial charge in [0.25, 0.3) is 0 Å². The van der Waals surface area contributed by atoms with Crippen LogP contribution >= 0.6 is 0 Å². The zero-order chi connectivity index (χ0) is 13.4. The molecule has 0 aliphatic carbocycles. The van der Waals surface area contributed by atoms with Gasteiger partial charge in [0.15, 0.2) is 0 Å². The van der Waals surface area contributed by atoms with Crippen LogP contribution in [0.3, 0.4) is 0 Å². The van der Waals surface area contributed by atoms with Crippen LogP contribution in [0.5, 0.6) is 0 Å². The average molecular weight is 252 g/mol. The number of rotatable bonds is 2. The monoisotopic (exact) mass is 252 g/mol. The summed E-state index contributed by atoms with van der Waals surface area (Å²) in [6.45, 7) is 0. The van der Waals surface area contributed by atoms with Gasteiger partial charge in [-0.3, -0.25) is 14.5 Å². The summed E-state index contributed by atoms with van der Waals surface area (Å²) in [7, 11) is 1.84. The number of aromatic nitrogens is 3. The second-order valence-corrected chi connectivity index (χ2v) is 4.28. The van der Waals surface area contributed by atoms with Crippen LogP contribution in [0.4, 0.5) is 0 Å². The van der Waals surface area contributed by atoms with Gasteiger partial charge in [-0.15, -0.1) is 0 Å². The van der Waals surface area contributed by atoms with Gasteiger partial charge in [-0.2, -0.15) is 5.10 Å². The molecule has 2 heterocycles. The van der Waals surface area contributed by atoms with Gasteiger partial charge in [-0.05, 0) is 24.3 Å². The minimum atomic E-state index is -0.455. The number of nitrogens with zero attached hydrogens (tertiary/aromatic N) is 3. The molecule has 19 heavy (non-hydrogen) atoms. The van der Waals surface area contributed by atoms with Gasteiger partial charge in [0.05, 0.1) is 11.1 Å². The number of hydrogen-bond acceptors (Lipinski definition) is 3. The molecule has 0 bridgehead atoms. The Bertz CT molecular complexity index is 762. The third kappa shape index (κ3) is 1.76. The quantitative estimate of drug-likeness (QED) is 0.754. The zero-order valence-electron chi connectivity index (χ0n) is 10.4. The van der Waals surface area contributed by atoms with Gasteiger partial charge >= 0.3 is 0 Å². The molecule has 3 rings (SSSR count). The smallest absolute Gasteiger partial charge is 0.249 e. The molecule has 5 heteroatoms. The molecule has 0 saturated carbocycles. The summed E-state index contributed by atoms with van der Waals surface area (Å²) in [5, 5.41) is 5.24. The van der Waals surface area contributed by atoms with E-state index in [1.54, 1.807) is 29.2 Å². The van der Waals surface area contributed by atoms with Crippen molar-refractivity contribution in [2.24, 2.45) is 12.8 Å². The van der Waals surface area contributed by atoms with Crippen LogP contribution in [-0.2, 0) is 7.05 Å². The van der Waals surface area contributed by atoms with Crippen LogP contribution in [0, 0.1) is 0 Å². The number of amides is 1. The summed E-state index contributed by atoms with van der Waals surface area (Å²) in [4.78, 5) is 15.7. The van der Waals surface area contributed by atoms with E-state index in [0.29, 0.717) is 5.56 Å². The maximum atomic E-state index is 11.6. The van der Waals surface area contributed by atoms with Crippen molar-refractivity contribution < 1.29 is 4.79 Å². The lowest BCUT2D eigenvalue weighted by Gasteiger charge is -2.01. The molecule has 1 amide bonds. The van der Waals surface area contributed by atoms with Crippen molar-refractivity contribution in [1.82, 2.24) is 14.8 Å². The molecule has 0 aliphatic heterocycles. The van der Waals surface area contributed by atoms with E-state index in [0.717, 1.165) is 22.2 Å². The number of carbonyl (C=O) groups excluding carboxylic acids is 1. The SMILES string of the molecule is Cn1nc(-c2cccnc2)c2c(C(N)=O)cccc21. The van der Waals surface area contributed by atoms with Crippen molar-refractivity contribution in [2.75, 3.05) is 0 Å². The van der Waals surface area contributed by atoms with E-state index >= 15 is 0 Å². The Morgan fingerprint density at radius 1 is 1.26 bits per heavy atom. The van der Waals surface area contributed by atoms with Gasteiger partial charge in [0.2, 0.25) is 5.91 Å². The number of fused-ring (bicyclic) bond motifs is 1. The second kappa shape index (κ2) is 4.20. The Balaban J connectivity index is 2.40. The number of primary amides is 1. The van der Waals surface area contributed by atoms with Gasteiger partial charge < -0.3 is 5.73 Å². The lowest BCUT2D eigenvalue weighted by molar-refractivity contribution is 0.100. The fraction of sp³-hybridized carbons (Fsp3) is 0.0714. The van der Waals surface area contributed by atoms with E-state index in [-0.39, 0.29) is 0 Å². The highest BCUT2D eigenvalue weighted by Gasteiger charge is 2.16. The molecule has 0 saturated heterocycles. The van der Waals surface area contributed by atoms with Crippen molar-refractivity contribution in [3.63, 3.8) is 0 Å². The molecule has 0 fully saturated rings. The Kier molecular flexibility index (Phi) is 2.52. The largest absolute Gasteiger partial charge is 0.366 e. The number of pyridine rings is 1. The van der Waals surface area contributed by atoms with Crippen LogP contribution in [0.15, 0.2) is 42.7 Å². The third-order valence-electron chi connectivity index (χ3n) is 3.08. The van der Waals surface area contributed by atoms with E-state index in [9.17, 15) is 4.79 Å². The first-order valence-corrected chi connectivity index (χ1v) is 5.84. The molecule has 0 atom stereocenters. The standard InChI is InChI=1S/C14H12N4O/c1-18-11-6-2-5-10(14(15)19)12(11)13(17-18)9-4-3-7-16-8-9/h2-8H,1H3,(H2,15,19). The van der Waals surface area contributed by atoms with E-state index in [1.807, 2.05) is 25.2 Å². The van der Waals surface area contributed by atoms with Crippen LogP contribution in [0.25, 0.3) is 22.2 Å². The van der Waals surface area contributed by atoms with Gasteiger partial charge in [-0.25, -0.2) is 0 Å². The number of benzene rings is 1. The van der Waals surface area contributed by atoms with E-state index in [2.05, 4.69) is 10.1 Å². The number of nitrogens with two attached hydrogens (primary N) is 1. The average Bonchev–Trinajstić information content (AvgIpc) is 2.77. The maximum absolute atomic E-state index is 11.6. The molecular weight excluding hydrogens is 240 g/mol. The fourth-order valence-corrected chi connectivity index (χ4v) is 2.22. The Hall–Kier alpha value is -2.69. The van der Waals surface area contributed by atoms with Crippen LogP contribution in [-0.4, -0.2) is 20.7 Å². The van der Waals surface area contributed by atoms with Crippen molar-refractivity contribution in [2.45, 2.75) is 0 Å². The van der Waals surface area contributed by atoms with Gasteiger partial charge in [0, 0.05) is 30.4 Å². The minimum Gasteiger partial charge on any atom is -0.366 e. The molecule has 1 aromatic carbocycles. The molecular formula is C14H12N4O. The summed E-state index contributed by atoms with van der Waals surface area (Å²) in [6, 6.07) is 9.17. The number of hydrogen-bond donors (Lipinski definition) is 1. The highest BCUT2D eigenvalue weighted by molar-refractivity contribution is 6.10. The van der Waals surface area contributed by atoms with Gasteiger partial charge in [-0.1, -0.05) is 6.07 Å². The van der Waals surface area contributed by atoms with E-state index in [1.165, 1.54) is 0 Å². The zero-order valence-corrected chi connectivity index (χ0v) is 10.4. The number of aryl methyl sites for hydroxylation is 1. The summed E-state index contributed by atoms with van der Waals surface area (Å²) in [5.41, 5.74) is 8.38. The Labute approximate surface area is 109 Å². The topological polar surface area (TPSA) is 73.8 Å². The summed E-state index contributed by atoms with van der Waals surface area (Å²) < 4.78 is 1.74. The van der Waals surface area contributed by atoms with Crippen molar-refractivity contribution in [3.8, 4) is 11.3 Å². The highest BCUT2D eigenvalue weighted by Crippen LogP contribution is 2.29. The summed E-state index contributed by atoms with van der Waals surface area (Å²) in [5.74, 6) is -0.455. The predicted molar refractivity (Wildman–Crippen MR) is 72.5 cm³/mol. The van der Waals surface area contributed by atoms with Crippen LogP contribution in [0.2, 0.25) is 0 Å². The van der Waals surface area contributed by atoms with E-state index < -0.39 is 5.91 Å². The van der Waals surface area contributed by atoms with Crippen molar-refractivity contribution in [3.05, 3.63) is 48.3 Å². The fourth-order valence-electron chi connectivity index (χ4n) is 2.22. The second-order valence-electron chi connectivity index (χ2n) is 4.28. The van der Waals surface area contributed by atoms with Crippen molar-refractivity contribution in [1.29, 1.82) is 0 Å². The molecule has 2 aromatic heterocycles. The summed E-state index contributed by atoms with van der Waals surface area (Å²) in [6.07, 6.45) is 3.42. The molecule has 0 radical (unpaired) electrons. The Morgan fingerprint density at radius 3 is 2.79 bits per heavy atom. The first-order valence-electron chi connectivity index (χ1n) is 5.84. The Morgan fingerprint density at radius 2 is 2.11 bits per heavy atom. The molecule has 3 aromatic rings. The minimum absolute atomic E-state index is 0.455. The van der Waals surface area contributed by atoms with Gasteiger partial charge in [0.1, 0.15) is 5.69 Å². The molecule has 94 valence electrons. The predicted octanol–water partition coefficient (Wildman–Crippen LogP) is 1.73. The summed E-state index contributed by atoms with van der Waals surface area (Å²) >= 11 is 0. The molecule has 5 nitrogen and oxygen atoms in total. The molecule has 0 aliphatic rings. The van der Waals surface area contributed by atoms with Crippen LogP contribution in [0.1, 0.15) is 10.4 Å². The molecule has 2 N–H and O–H groups in total. The molecule has 0 unspecified atom stereocenters.